The molecule has 0 bridgehead atoms. The number of nitrogens with one attached hydrogen (secondary N) is 1. The van der Waals surface area contributed by atoms with Gasteiger partial charge in [-0.3, -0.25) is 10.2 Å². The Kier molecular flexibility index (Phi) is 16.0. The third-order valence-corrected chi connectivity index (χ3v) is 15.1. The second-order valence-electron chi connectivity index (χ2n) is 16.2. The van der Waals surface area contributed by atoms with E-state index >= 15 is 0 Å². The van der Waals surface area contributed by atoms with Gasteiger partial charge in [0.15, 0.2) is 26.6 Å². The fourth-order valence-electron chi connectivity index (χ4n) is 6.66. The van der Waals surface area contributed by atoms with Crippen molar-refractivity contribution in [1.82, 2.24) is 0 Å². The fourth-order valence-corrected chi connectivity index (χ4v) is 7.98. The Hall–Kier alpha value is -4.15. The summed E-state index contributed by atoms with van der Waals surface area (Å²) < 4.78 is 58.3. The first-order valence-corrected chi connectivity index (χ1v) is 22.6. The van der Waals surface area contributed by atoms with Crippen LogP contribution in [0.2, 0.25) is 18.1 Å². The van der Waals surface area contributed by atoms with E-state index < -0.39 is 75.6 Å². The lowest BCUT2D eigenvalue weighted by Gasteiger charge is -2.51. The Morgan fingerprint density at radius 1 is 0.759 bits per heavy atom. The molecule has 10 atom stereocenters. The average Bonchev–Trinajstić information content (AvgIpc) is 3.17. The molecule has 2 saturated heterocycles. The Balaban J connectivity index is 1.55. The molecule has 15 heteroatoms. The molecule has 4 unspecified atom stereocenters. The molecule has 0 aliphatic carbocycles. The number of carbonyl (C=O) groups is 1. The predicted octanol–water partition coefficient (Wildman–Crippen LogP) is 8.24. The minimum absolute atomic E-state index is 0.0947. The van der Waals surface area contributed by atoms with Crippen LogP contribution in [0.25, 0.3) is 10.4 Å². The molecular weight excluding hydrogens is 761 g/mol. The van der Waals surface area contributed by atoms with Crippen molar-refractivity contribution in [2.24, 2.45) is 5.11 Å². The smallest absolute Gasteiger partial charge is 0.303 e. The van der Waals surface area contributed by atoms with Gasteiger partial charge in [-0.2, -0.15) is 0 Å². The van der Waals surface area contributed by atoms with E-state index in [1.807, 2.05) is 91.0 Å². The number of ether oxygens (including phenoxy) is 8. The lowest BCUT2D eigenvalue weighted by atomic mass is 9.95. The Morgan fingerprint density at radius 3 is 1.79 bits per heavy atom. The van der Waals surface area contributed by atoms with Crippen LogP contribution in [0.15, 0.2) is 96.1 Å². The number of benzene rings is 3. The molecule has 2 heterocycles. The topological polar surface area (TPSA) is 173 Å². The SMILES string of the molecule is CC(=N)O[C@@H]1OC(C)[C@H](O[C@@H]2OC(COCc3ccccc3)[C@H](O[Si](C)(C)C(C)(C)C)C(OCc3ccccc3)[C@H]2N=[N+]=[N-])C(OCc2ccccc2)[C@H]1OC(C)=O. The molecule has 314 valence electrons. The van der Waals surface area contributed by atoms with E-state index in [9.17, 15) is 10.3 Å². The van der Waals surface area contributed by atoms with Gasteiger partial charge in [0.25, 0.3) is 0 Å². The van der Waals surface area contributed by atoms with E-state index in [1.165, 1.54) is 13.8 Å². The molecule has 3 aromatic rings. The van der Waals surface area contributed by atoms with Gasteiger partial charge >= 0.3 is 5.97 Å². The lowest BCUT2D eigenvalue weighted by Crippen LogP contribution is -2.66. The Labute approximate surface area is 342 Å². The summed E-state index contributed by atoms with van der Waals surface area (Å²) in [4.78, 5) is 15.8. The van der Waals surface area contributed by atoms with Crippen molar-refractivity contribution in [3.8, 4) is 0 Å². The van der Waals surface area contributed by atoms with E-state index in [-0.39, 0.29) is 30.8 Å². The van der Waals surface area contributed by atoms with Gasteiger partial charge < -0.3 is 42.3 Å². The number of azide groups is 1. The molecule has 0 saturated carbocycles. The van der Waals surface area contributed by atoms with Crippen LogP contribution in [0.4, 0.5) is 0 Å². The maximum absolute atomic E-state index is 12.6. The molecule has 1 N–H and O–H groups in total. The zero-order valence-electron chi connectivity index (χ0n) is 34.7. The quantitative estimate of drug-likeness (QED) is 0.0266. The van der Waals surface area contributed by atoms with Crippen LogP contribution in [0.3, 0.4) is 0 Å². The van der Waals surface area contributed by atoms with Gasteiger partial charge in [0.05, 0.1) is 38.6 Å². The van der Waals surface area contributed by atoms with Crippen LogP contribution < -0.4 is 0 Å². The molecule has 14 nitrogen and oxygen atoms in total. The summed E-state index contributed by atoms with van der Waals surface area (Å²) in [7, 11) is -2.53. The highest BCUT2D eigenvalue weighted by molar-refractivity contribution is 6.74. The molecule has 0 aromatic heterocycles. The van der Waals surface area contributed by atoms with E-state index in [2.05, 4.69) is 43.9 Å². The highest BCUT2D eigenvalue weighted by Gasteiger charge is 2.55. The zero-order valence-corrected chi connectivity index (χ0v) is 35.7. The maximum Gasteiger partial charge on any atom is 0.303 e. The van der Waals surface area contributed by atoms with Crippen LogP contribution in [-0.2, 0) is 66.9 Å². The average molecular weight is 819 g/mol. The normalized spacial score (nSPS) is 27.6. The van der Waals surface area contributed by atoms with Gasteiger partial charge in [0.1, 0.15) is 30.5 Å². The first-order chi connectivity index (χ1) is 27.7. The van der Waals surface area contributed by atoms with Crippen molar-refractivity contribution in [3.63, 3.8) is 0 Å². The molecule has 0 spiro atoms. The number of nitrogens with zero attached hydrogens (tertiary/aromatic N) is 3. The monoisotopic (exact) mass is 818 g/mol. The minimum Gasteiger partial charge on any atom is -0.453 e. The summed E-state index contributed by atoms with van der Waals surface area (Å²) in [6.45, 7) is 16.0. The van der Waals surface area contributed by atoms with Crippen LogP contribution in [0.5, 0.6) is 0 Å². The second kappa shape index (κ2) is 20.7. The summed E-state index contributed by atoms with van der Waals surface area (Å²) in [5, 5.41) is 12.1. The standard InChI is InChI=1S/C43H58N4O10Si/c1-28-36(39(51-26-33-22-16-11-17-23-33)40(54-30(3)48)42(52-28)53-29(2)44)56-41-35(46-47-45)38(50-25-32-20-14-10-15-21-32)37(57-58(7,8)43(4,5)6)34(55-41)27-49-24-31-18-12-9-13-19-31/h9-23,28,34-42,44H,24-27H2,1-8H3/t28?,34?,35-,36+,37+,38?,39?,40-,41+,42+/m1/s1. The van der Waals surface area contributed by atoms with Crippen LogP contribution in [-0.4, -0.2) is 88.1 Å². The van der Waals surface area contributed by atoms with Crippen molar-refractivity contribution in [2.45, 2.75) is 141 Å². The summed E-state index contributed by atoms with van der Waals surface area (Å²) in [6.07, 6.45) is -8.65. The van der Waals surface area contributed by atoms with Crippen LogP contribution in [0.1, 0.15) is 58.2 Å². The first-order valence-electron chi connectivity index (χ1n) is 19.7. The summed E-state index contributed by atoms with van der Waals surface area (Å²) in [6, 6.07) is 28.0. The second-order valence-corrected chi connectivity index (χ2v) is 20.9. The van der Waals surface area contributed by atoms with Gasteiger partial charge in [-0.25, -0.2) is 0 Å². The molecule has 58 heavy (non-hydrogen) atoms. The lowest BCUT2D eigenvalue weighted by molar-refractivity contribution is -0.340. The van der Waals surface area contributed by atoms with Gasteiger partial charge in [-0.05, 0) is 47.3 Å². The zero-order chi connectivity index (χ0) is 41.9. The summed E-state index contributed by atoms with van der Waals surface area (Å²) >= 11 is 0. The summed E-state index contributed by atoms with van der Waals surface area (Å²) in [5.74, 6) is -0.748. The molecular formula is C43H58N4O10Si. The molecule has 3 aromatic carbocycles. The molecule has 2 aliphatic heterocycles. The van der Waals surface area contributed by atoms with Gasteiger partial charge in [-0.15, -0.1) is 0 Å². The van der Waals surface area contributed by atoms with E-state index in [0.717, 1.165) is 16.7 Å². The van der Waals surface area contributed by atoms with Crippen LogP contribution >= 0.6 is 0 Å². The highest BCUT2D eigenvalue weighted by Crippen LogP contribution is 2.42. The highest BCUT2D eigenvalue weighted by atomic mass is 28.4. The third-order valence-electron chi connectivity index (χ3n) is 10.6. The predicted molar refractivity (Wildman–Crippen MR) is 219 cm³/mol. The number of rotatable bonds is 17. The molecule has 0 radical (unpaired) electrons. The maximum atomic E-state index is 12.6. The Morgan fingerprint density at radius 2 is 1.29 bits per heavy atom. The van der Waals surface area contributed by atoms with E-state index in [0.29, 0.717) is 6.61 Å². The number of esters is 1. The third kappa shape index (κ3) is 12.2. The van der Waals surface area contributed by atoms with E-state index in [4.69, 9.17) is 47.7 Å². The Bertz CT molecular complexity index is 1790. The summed E-state index contributed by atoms with van der Waals surface area (Å²) in [5.41, 5.74) is 12.8. The largest absolute Gasteiger partial charge is 0.453 e. The number of hydrogen-bond acceptors (Lipinski definition) is 12. The van der Waals surface area contributed by atoms with E-state index in [1.54, 1.807) is 6.92 Å². The van der Waals surface area contributed by atoms with Crippen molar-refractivity contribution in [1.29, 1.82) is 5.41 Å². The van der Waals surface area contributed by atoms with Gasteiger partial charge in [0.2, 0.25) is 6.29 Å². The fraction of sp³-hybridized carbons (Fsp3) is 0.535. The number of hydrogen-bond donors (Lipinski definition) is 1. The van der Waals surface area contributed by atoms with Crippen molar-refractivity contribution >= 4 is 20.2 Å². The minimum atomic E-state index is -2.53. The van der Waals surface area contributed by atoms with Gasteiger partial charge in [-0.1, -0.05) is 117 Å². The molecule has 2 fully saturated rings. The van der Waals surface area contributed by atoms with Crippen molar-refractivity contribution in [2.75, 3.05) is 6.61 Å². The molecule has 5 rings (SSSR count). The molecule has 2 aliphatic rings. The number of carbonyl (C=O) groups excluding carboxylic acids is 1. The van der Waals surface area contributed by atoms with Crippen molar-refractivity contribution in [3.05, 3.63) is 118 Å². The van der Waals surface area contributed by atoms with Gasteiger partial charge in [0, 0.05) is 18.8 Å². The first kappa shape index (κ1) is 44.9. The van der Waals surface area contributed by atoms with Crippen molar-refractivity contribution < 1.29 is 47.1 Å². The molecule has 0 amide bonds. The van der Waals surface area contributed by atoms with Crippen LogP contribution in [0, 0.1) is 5.41 Å².